The number of carbonyl (C=O) groups is 2. The van der Waals surface area contributed by atoms with E-state index < -0.39 is 18.4 Å². The van der Waals surface area contributed by atoms with Crippen LogP contribution in [0.1, 0.15) is 39.5 Å². The zero-order chi connectivity index (χ0) is 19.6. The molecule has 2 N–H and O–H groups in total. The van der Waals surface area contributed by atoms with Gasteiger partial charge >= 0.3 is 5.97 Å². The molecule has 1 aliphatic heterocycles. The van der Waals surface area contributed by atoms with Gasteiger partial charge in [-0.3, -0.25) is 4.79 Å². The van der Waals surface area contributed by atoms with E-state index >= 15 is 0 Å². The van der Waals surface area contributed by atoms with Crippen LogP contribution in [-0.2, 0) is 4.79 Å². The number of fused-ring (bicyclic) bond motifs is 1. The Labute approximate surface area is 155 Å². The number of ether oxygens (including phenoxy) is 2. The van der Waals surface area contributed by atoms with Gasteiger partial charge in [-0.1, -0.05) is 12.1 Å². The summed E-state index contributed by atoms with van der Waals surface area (Å²) in [5, 5.41) is 11.7. The van der Waals surface area contributed by atoms with E-state index in [1.54, 1.807) is 38.1 Å². The Morgan fingerprint density at radius 2 is 2.00 bits per heavy atom. The molecular formula is C20H20FNO5. The van der Waals surface area contributed by atoms with Crippen LogP contribution in [0.2, 0.25) is 0 Å². The first kappa shape index (κ1) is 18.7. The molecule has 2 aromatic carbocycles. The molecule has 27 heavy (non-hydrogen) atoms. The van der Waals surface area contributed by atoms with Crippen LogP contribution >= 0.6 is 0 Å². The molecule has 0 spiro atoms. The SMILES string of the molecule is Cc1cc(C(=O)N[C@@H]2CCOc3c(F)cccc32)cc(C)c1OCC(=O)O. The number of benzene rings is 2. The zero-order valence-electron chi connectivity index (χ0n) is 15.0. The number of amides is 1. The molecule has 2 aromatic rings. The number of carboxylic acid groups (broad SMARTS) is 1. The summed E-state index contributed by atoms with van der Waals surface area (Å²) < 4.78 is 24.6. The standard InChI is InChI=1S/C20H20FNO5/c1-11-8-13(9-12(2)18(11)27-10-17(23)24)20(25)22-16-6-7-26-19-14(16)4-3-5-15(19)21/h3-5,8-9,16H,6-7,10H2,1-2H3,(H,22,25)(H,23,24)/t16-/m1/s1. The van der Waals surface area contributed by atoms with Crippen molar-refractivity contribution < 1.29 is 28.6 Å². The van der Waals surface area contributed by atoms with Crippen molar-refractivity contribution in [3.05, 3.63) is 58.4 Å². The molecule has 7 heteroatoms. The molecule has 0 bridgehead atoms. The third-order valence-corrected chi connectivity index (χ3v) is 4.39. The molecule has 0 saturated heterocycles. The van der Waals surface area contributed by atoms with Crippen LogP contribution in [0.4, 0.5) is 4.39 Å². The number of para-hydroxylation sites is 1. The van der Waals surface area contributed by atoms with Gasteiger partial charge in [0.05, 0.1) is 12.6 Å². The molecule has 0 saturated carbocycles. The van der Waals surface area contributed by atoms with Crippen LogP contribution in [-0.4, -0.2) is 30.2 Å². The minimum absolute atomic E-state index is 0.179. The number of carbonyl (C=O) groups excluding carboxylic acids is 1. The molecule has 1 amide bonds. The van der Waals surface area contributed by atoms with Crippen molar-refractivity contribution in [2.24, 2.45) is 0 Å². The summed E-state index contributed by atoms with van der Waals surface area (Å²) in [6.45, 7) is 3.37. The quantitative estimate of drug-likeness (QED) is 0.841. The van der Waals surface area contributed by atoms with Gasteiger partial charge in [0.15, 0.2) is 18.2 Å². The molecule has 6 nitrogen and oxygen atoms in total. The van der Waals surface area contributed by atoms with Gasteiger partial charge in [-0.25, -0.2) is 9.18 Å². The first-order valence-corrected chi connectivity index (χ1v) is 8.54. The van der Waals surface area contributed by atoms with Crippen molar-refractivity contribution in [1.82, 2.24) is 5.32 Å². The Hall–Kier alpha value is -3.09. The topological polar surface area (TPSA) is 84.9 Å². The number of halogens is 1. The predicted molar refractivity (Wildman–Crippen MR) is 95.8 cm³/mol. The number of aliphatic carboxylic acids is 1. The summed E-state index contributed by atoms with van der Waals surface area (Å²) in [7, 11) is 0. The maximum absolute atomic E-state index is 13.9. The van der Waals surface area contributed by atoms with Gasteiger partial charge in [-0.15, -0.1) is 0 Å². The lowest BCUT2D eigenvalue weighted by molar-refractivity contribution is -0.139. The Bertz CT molecular complexity index is 873. The van der Waals surface area contributed by atoms with E-state index in [0.29, 0.717) is 41.0 Å². The highest BCUT2D eigenvalue weighted by molar-refractivity contribution is 5.95. The Morgan fingerprint density at radius 1 is 1.30 bits per heavy atom. The fourth-order valence-electron chi connectivity index (χ4n) is 3.22. The normalized spacial score (nSPS) is 15.4. The van der Waals surface area contributed by atoms with Crippen LogP contribution in [0.15, 0.2) is 30.3 Å². The number of hydrogen-bond donors (Lipinski definition) is 2. The second-order valence-corrected chi connectivity index (χ2v) is 6.44. The second-order valence-electron chi connectivity index (χ2n) is 6.44. The first-order chi connectivity index (χ1) is 12.9. The molecule has 0 aromatic heterocycles. The number of rotatable bonds is 5. The first-order valence-electron chi connectivity index (χ1n) is 8.54. The van der Waals surface area contributed by atoms with Crippen LogP contribution in [0, 0.1) is 19.7 Å². The fraction of sp³-hybridized carbons (Fsp3) is 0.300. The third kappa shape index (κ3) is 4.02. The average molecular weight is 373 g/mol. The highest BCUT2D eigenvalue weighted by Crippen LogP contribution is 2.34. The van der Waals surface area contributed by atoms with Gasteiger partial charge < -0.3 is 19.9 Å². The van der Waals surface area contributed by atoms with E-state index in [9.17, 15) is 14.0 Å². The maximum atomic E-state index is 13.9. The summed E-state index contributed by atoms with van der Waals surface area (Å²) in [4.78, 5) is 23.4. The van der Waals surface area contributed by atoms with Crippen molar-refractivity contribution >= 4 is 11.9 Å². The number of carboxylic acids is 1. The van der Waals surface area contributed by atoms with Crippen molar-refractivity contribution in [2.45, 2.75) is 26.3 Å². The molecule has 1 aliphatic rings. The fourth-order valence-corrected chi connectivity index (χ4v) is 3.22. The molecular weight excluding hydrogens is 353 g/mol. The summed E-state index contributed by atoms with van der Waals surface area (Å²) in [6.07, 6.45) is 0.542. The summed E-state index contributed by atoms with van der Waals surface area (Å²) in [6, 6.07) is 7.59. The van der Waals surface area contributed by atoms with Crippen molar-refractivity contribution in [3.8, 4) is 11.5 Å². The third-order valence-electron chi connectivity index (χ3n) is 4.39. The lowest BCUT2D eigenvalue weighted by Crippen LogP contribution is -2.32. The highest BCUT2D eigenvalue weighted by atomic mass is 19.1. The van der Waals surface area contributed by atoms with E-state index in [2.05, 4.69) is 5.32 Å². The van der Waals surface area contributed by atoms with Crippen LogP contribution in [0.5, 0.6) is 11.5 Å². The Kier molecular flexibility index (Phi) is 5.30. The summed E-state index contributed by atoms with van der Waals surface area (Å²) in [5.74, 6) is -1.18. The lowest BCUT2D eigenvalue weighted by Gasteiger charge is -2.27. The smallest absolute Gasteiger partial charge is 0.341 e. The van der Waals surface area contributed by atoms with Crippen molar-refractivity contribution in [3.63, 3.8) is 0 Å². The van der Waals surface area contributed by atoms with Crippen LogP contribution in [0.25, 0.3) is 0 Å². The van der Waals surface area contributed by atoms with Crippen LogP contribution < -0.4 is 14.8 Å². The largest absolute Gasteiger partial charge is 0.490 e. The molecule has 0 radical (unpaired) electrons. The zero-order valence-corrected chi connectivity index (χ0v) is 15.0. The predicted octanol–water partition coefficient (Wildman–Crippen LogP) is 3.16. The summed E-state index contributed by atoms with van der Waals surface area (Å²) >= 11 is 0. The minimum Gasteiger partial charge on any atom is -0.490 e. The number of hydrogen-bond acceptors (Lipinski definition) is 4. The van der Waals surface area contributed by atoms with E-state index in [4.69, 9.17) is 14.6 Å². The van der Waals surface area contributed by atoms with Gasteiger partial charge in [0.25, 0.3) is 5.91 Å². The number of aryl methyl sites for hydroxylation is 2. The minimum atomic E-state index is -1.07. The molecule has 3 rings (SSSR count). The van der Waals surface area contributed by atoms with Gasteiger partial charge in [0.2, 0.25) is 0 Å². The highest BCUT2D eigenvalue weighted by Gasteiger charge is 2.26. The molecule has 0 fully saturated rings. The van der Waals surface area contributed by atoms with Gasteiger partial charge in [-0.2, -0.15) is 0 Å². The van der Waals surface area contributed by atoms with E-state index in [0.717, 1.165) is 0 Å². The summed E-state index contributed by atoms with van der Waals surface area (Å²) in [5.41, 5.74) is 2.38. The molecule has 1 atom stereocenters. The molecule has 0 aliphatic carbocycles. The Morgan fingerprint density at radius 3 is 2.67 bits per heavy atom. The van der Waals surface area contributed by atoms with Gasteiger partial charge in [0.1, 0.15) is 5.75 Å². The van der Waals surface area contributed by atoms with Crippen LogP contribution in [0.3, 0.4) is 0 Å². The number of nitrogens with one attached hydrogen (secondary N) is 1. The maximum Gasteiger partial charge on any atom is 0.341 e. The molecule has 0 unspecified atom stereocenters. The Balaban J connectivity index is 1.80. The lowest BCUT2D eigenvalue weighted by atomic mass is 9.99. The van der Waals surface area contributed by atoms with Crippen molar-refractivity contribution in [2.75, 3.05) is 13.2 Å². The van der Waals surface area contributed by atoms with Crippen molar-refractivity contribution in [1.29, 1.82) is 0 Å². The molecule has 142 valence electrons. The van der Waals surface area contributed by atoms with E-state index in [1.165, 1.54) is 6.07 Å². The average Bonchev–Trinajstić information content (AvgIpc) is 2.61. The van der Waals surface area contributed by atoms with E-state index in [-0.39, 0.29) is 17.7 Å². The van der Waals surface area contributed by atoms with Gasteiger partial charge in [-0.05, 0) is 43.2 Å². The van der Waals surface area contributed by atoms with E-state index in [1.807, 2.05) is 0 Å². The second kappa shape index (κ2) is 7.65. The monoisotopic (exact) mass is 373 g/mol. The van der Waals surface area contributed by atoms with Gasteiger partial charge in [0, 0.05) is 17.5 Å². The molecule has 1 heterocycles.